The molecule has 4 nitrogen and oxygen atoms in total. The molecule has 96 valence electrons. The molecule has 0 unspecified atom stereocenters. The molecule has 1 aromatic carbocycles. The highest BCUT2D eigenvalue weighted by molar-refractivity contribution is 7.91. The molecule has 17 heavy (non-hydrogen) atoms. The zero-order chi connectivity index (χ0) is 12.9. The first-order valence-corrected chi connectivity index (χ1v) is 7.46. The fraction of sp³-hybridized carbons (Fsp3) is 0.455. The molecular formula is C11H16ClNO3S. The molecule has 0 spiro atoms. The standard InChI is InChI=1S/C11H16ClNO3S/c1-3-17(14,15)7-6-13-9-4-5-10(12)11(8-9)16-2/h4-5,8,13H,3,6-7H2,1-2H3. The van der Waals surface area contributed by atoms with Crippen LogP contribution in [0.4, 0.5) is 5.69 Å². The number of hydrogen-bond donors (Lipinski definition) is 1. The van der Waals surface area contributed by atoms with E-state index in [1.807, 2.05) is 0 Å². The van der Waals surface area contributed by atoms with Crippen molar-refractivity contribution in [3.05, 3.63) is 23.2 Å². The van der Waals surface area contributed by atoms with E-state index in [0.29, 0.717) is 17.3 Å². The van der Waals surface area contributed by atoms with E-state index in [0.717, 1.165) is 5.69 Å². The number of benzene rings is 1. The second-order valence-electron chi connectivity index (χ2n) is 3.51. The van der Waals surface area contributed by atoms with Crippen molar-refractivity contribution >= 4 is 27.1 Å². The topological polar surface area (TPSA) is 55.4 Å². The van der Waals surface area contributed by atoms with Gasteiger partial charge in [0.2, 0.25) is 0 Å². The zero-order valence-corrected chi connectivity index (χ0v) is 11.4. The molecule has 1 rings (SSSR count). The first kappa shape index (κ1) is 14.1. The van der Waals surface area contributed by atoms with Crippen LogP contribution in [0.3, 0.4) is 0 Å². The van der Waals surface area contributed by atoms with Crippen molar-refractivity contribution < 1.29 is 13.2 Å². The Morgan fingerprint density at radius 3 is 2.71 bits per heavy atom. The molecule has 0 saturated carbocycles. The molecule has 1 N–H and O–H groups in total. The van der Waals surface area contributed by atoms with Gasteiger partial charge in [0.05, 0.1) is 17.9 Å². The second kappa shape index (κ2) is 6.12. The van der Waals surface area contributed by atoms with Crippen LogP contribution in [0.2, 0.25) is 5.02 Å². The highest BCUT2D eigenvalue weighted by atomic mass is 35.5. The highest BCUT2D eigenvalue weighted by Gasteiger charge is 2.07. The molecule has 1 aromatic rings. The summed E-state index contributed by atoms with van der Waals surface area (Å²) in [6, 6.07) is 5.22. The monoisotopic (exact) mass is 277 g/mol. The third-order valence-corrected chi connectivity index (χ3v) is 4.35. The maximum atomic E-state index is 11.3. The van der Waals surface area contributed by atoms with Gasteiger partial charge < -0.3 is 10.1 Å². The number of ether oxygens (including phenoxy) is 1. The van der Waals surface area contributed by atoms with Gasteiger partial charge >= 0.3 is 0 Å². The van der Waals surface area contributed by atoms with Gasteiger partial charge in [-0.1, -0.05) is 18.5 Å². The Kier molecular flexibility index (Phi) is 5.08. The van der Waals surface area contributed by atoms with E-state index < -0.39 is 9.84 Å². The second-order valence-corrected chi connectivity index (χ2v) is 6.39. The molecule has 0 heterocycles. The molecule has 0 aliphatic rings. The molecular weight excluding hydrogens is 262 g/mol. The van der Waals surface area contributed by atoms with E-state index in [2.05, 4.69) is 5.32 Å². The predicted molar refractivity (Wildman–Crippen MR) is 70.8 cm³/mol. The van der Waals surface area contributed by atoms with Crippen molar-refractivity contribution in [3.8, 4) is 5.75 Å². The quantitative estimate of drug-likeness (QED) is 0.866. The first-order valence-electron chi connectivity index (χ1n) is 5.26. The van der Waals surface area contributed by atoms with Crippen LogP contribution in [0.5, 0.6) is 5.75 Å². The van der Waals surface area contributed by atoms with Gasteiger partial charge in [0, 0.05) is 24.1 Å². The Morgan fingerprint density at radius 1 is 1.41 bits per heavy atom. The van der Waals surface area contributed by atoms with Gasteiger partial charge in [0.15, 0.2) is 9.84 Å². The van der Waals surface area contributed by atoms with Gasteiger partial charge in [0.1, 0.15) is 5.75 Å². The lowest BCUT2D eigenvalue weighted by molar-refractivity contribution is 0.415. The van der Waals surface area contributed by atoms with E-state index in [4.69, 9.17) is 16.3 Å². The third kappa shape index (κ3) is 4.44. The summed E-state index contributed by atoms with van der Waals surface area (Å²) >= 11 is 5.88. The van der Waals surface area contributed by atoms with Crippen LogP contribution in [-0.4, -0.2) is 33.6 Å². The van der Waals surface area contributed by atoms with Gasteiger partial charge in [-0.3, -0.25) is 0 Å². The van der Waals surface area contributed by atoms with Crippen LogP contribution in [0.25, 0.3) is 0 Å². The smallest absolute Gasteiger partial charge is 0.151 e. The fourth-order valence-electron chi connectivity index (χ4n) is 1.26. The van der Waals surface area contributed by atoms with Gasteiger partial charge in [0.25, 0.3) is 0 Å². The summed E-state index contributed by atoms with van der Waals surface area (Å²) in [5.74, 6) is 0.850. The predicted octanol–water partition coefficient (Wildman–Crippen LogP) is 2.20. The van der Waals surface area contributed by atoms with Crippen LogP contribution < -0.4 is 10.1 Å². The lowest BCUT2D eigenvalue weighted by Gasteiger charge is -2.09. The van der Waals surface area contributed by atoms with Gasteiger partial charge in [-0.25, -0.2) is 8.42 Å². The molecule has 0 atom stereocenters. The van der Waals surface area contributed by atoms with Crippen LogP contribution >= 0.6 is 11.6 Å². The van der Waals surface area contributed by atoms with Crippen LogP contribution in [0.15, 0.2) is 18.2 Å². The molecule has 0 radical (unpaired) electrons. The number of sulfone groups is 1. The number of anilines is 1. The van der Waals surface area contributed by atoms with Crippen molar-refractivity contribution in [2.75, 3.05) is 30.5 Å². The average molecular weight is 278 g/mol. The zero-order valence-electron chi connectivity index (χ0n) is 9.86. The Labute approximate surface area is 107 Å². The maximum Gasteiger partial charge on any atom is 0.151 e. The molecule has 0 fully saturated rings. The van der Waals surface area contributed by atoms with Gasteiger partial charge in [-0.05, 0) is 12.1 Å². The Bertz CT molecular complexity index is 474. The molecule has 0 saturated heterocycles. The lowest BCUT2D eigenvalue weighted by atomic mass is 10.3. The third-order valence-electron chi connectivity index (χ3n) is 2.33. The Morgan fingerprint density at radius 2 is 2.12 bits per heavy atom. The fourth-order valence-corrected chi connectivity index (χ4v) is 2.16. The van der Waals surface area contributed by atoms with Crippen molar-refractivity contribution in [3.63, 3.8) is 0 Å². The minimum absolute atomic E-state index is 0.119. The molecule has 0 bridgehead atoms. The molecule has 6 heteroatoms. The van der Waals surface area contributed by atoms with Gasteiger partial charge in [-0.2, -0.15) is 0 Å². The summed E-state index contributed by atoms with van der Waals surface area (Å²) in [5, 5.41) is 3.55. The minimum Gasteiger partial charge on any atom is -0.495 e. The summed E-state index contributed by atoms with van der Waals surface area (Å²) in [6.45, 7) is 2.02. The largest absolute Gasteiger partial charge is 0.495 e. The van der Waals surface area contributed by atoms with Crippen LogP contribution in [0.1, 0.15) is 6.92 Å². The minimum atomic E-state index is -2.93. The van der Waals surface area contributed by atoms with Crippen molar-refractivity contribution in [2.45, 2.75) is 6.92 Å². The SMILES string of the molecule is CCS(=O)(=O)CCNc1ccc(Cl)c(OC)c1. The van der Waals surface area contributed by atoms with E-state index in [1.165, 1.54) is 7.11 Å². The molecule has 0 amide bonds. The number of halogens is 1. The number of hydrogen-bond acceptors (Lipinski definition) is 4. The Hall–Kier alpha value is -0.940. The van der Waals surface area contributed by atoms with Crippen LogP contribution in [0, 0.1) is 0 Å². The summed E-state index contributed by atoms with van der Waals surface area (Å²) in [4.78, 5) is 0. The van der Waals surface area contributed by atoms with E-state index in [1.54, 1.807) is 25.1 Å². The normalized spacial score (nSPS) is 11.2. The summed E-state index contributed by atoms with van der Waals surface area (Å²) < 4.78 is 27.6. The number of rotatable bonds is 6. The molecule has 0 aliphatic heterocycles. The summed E-state index contributed by atoms with van der Waals surface area (Å²) in [7, 11) is -1.40. The lowest BCUT2D eigenvalue weighted by Crippen LogP contribution is -2.17. The first-order chi connectivity index (χ1) is 7.98. The molecule has 0 aliphatic carbocycles. The highest BCUT2D eigenvalue weighted by Crippen LogP contribution is 2.27. The van der Waals surface area contributed by atoms with Crippen molar-refractivity contribution in [2.24, 2.45) is 0 Å². The Balaban J connectivity index is 2.58. The van der Waals surface area contributed by atoms with E-state index >= 15 is 0 Å². The van der Waals surface area contributed by atoms with E-state index in [-0.39, 0.29) is 11.5 Å². The van der Waals surface area contributed by atoms with E-state index in [9.17, 15) is 8.42 Å². The number of methoxy groups -OCH3 is 1. The summed E-state index contributed by atoms with van der Waals surface area (Å²) in [6.07, 6.45) is 0. The maximum absolute atomic E-state index is 11.3. The summed E-state index contributed by atoms with van der Waals surface area (Å²) in [5.41, 5.74) is 0.789. The van der Waals surface area contributed by atoms with Crippen molar-refractivity contribution in [1.29, 1.82) is 0 Å². The molecule has 0 aromatic heterocycles. The average Bonchev–Trinajstić information content (AvgIpc) is 2.31. The number of nitrogens with one attached hydrogen (secondary N) is 1. The van der Waals surface area contributed by atoms with Crippen molar-refractivity contribution in [1.82, 2.24) is 0 Å². The van der Waals surface area contributed by atoms with Crippen LogP contribution in [-0.2, 0) is 9.84 Å². The van der Waals surface area contributed by atoms with Gasteiger partial charge in [-0.15, -0.1) is 0 Å².